The quantitative estimate of drug-likeness (QED) is 0.788. The Morgan fingerprint density at radius 2 is 2.22 bits per heavy atom. The first kappa shape index (κ1) is 14.3. The van der Waals surface area contributed by atoms with Gasteiger partial charge in [0.1, 0.15) is 0 Å². The monoisotopic (exact) mass is 254 g/mol. The van der Waals surface area contributed by atoms with Crippen molar-refractivity contribution in [3.8, 4) is 0 Å². The van der Waals surface area contributed by atoms with Gasteiger partial charge in [0, 0.05) is 25.2 Å². The first-order chi connectivity index (χ1) is 8.78. The largest absolute Gasteiger partial charge is 0.377 e. The summed E-state index contributed by atoms with van der Waals surface area (Å²) < 4.78 is 5.93. The van der Waals surface area contributed by atoms with Gasteiger partial charge in [-0.1, -0.05) is 13.8 Å². The van der Waals surface area contributed by atoms with Crippen molar-refractivity contribution in [1.29, 1.82) is 0 Å². The summed E-state index contributed by atoms with van der Waals surface area (Å²) in [5.74, 6) is 0. The van der Waals surface area contributed by atoms with Gasteiger partial charge in [-0.15, -0.1) is 0 Å². The predicted molar refractivity (Wildman–Crippen MR) is 76.0 cm³/mol. The lowest BCUT2D eigenvalue weighted by Gasteiger charge is -2.39. The van der Waals surface area contributed by atoms with Crippen LogP contribution in [0.5, 0.6) is 0 Å². The minimum Gasteiger partial charge on any atom is -0.377 e. The average molecular weight is 254 g/mol. The van der Waals surface area contributed by atoms with Crippen LogP contribution in [0.2, 0.25) is 0 Å². The molecule has 0 radical (unpaired) electrons. The van der Waals surface area contributed by atoms with Crippen LogP contribution < -0.4 is 5.32 Å². The maximum absolute atomic E-state index is 5.93. The Morgan fingerprint density at radius 3 is 2.89 bits per heavy atom. The van der Waals surface area contributed by atoms with Gasteiger partial charge in [-0.3, -0.25) is 4.90 Å². The number of rotatable bonds is 6. The lowest BCUT2D eigenvalue weighted by atomic mass is 9.92. The highest BCUT2D eigenvalue weighted by Gasteiger charge is 2.34. The molecule has 1 N–H and O–H groups in total. The normalized spacial score (nSPS) is 34.0. The molecule has 2 aliphatic heterocycles. The van der Waals surface area contributed by atoms with Crippen molar-refractivity contribution < 1.29 is 4.74 Å². The zero-order valence-electron chi connectivity index (χ0n) is 12.2. The number of hydrogen-bond donors (Lipinski definition) is 1. The van der Waals surface area contributed by atoms with Crippen LogP contribution in [0.15, 0.2) is 0 Å². The van der Waals surface area contributed by atoms with E-state index in [9.17, 15) is 0 Å². The Morgan fingerprint density at radius 1 is 1.33 bits per heavy atom. The third kappa shape index (κ3) is 3.69. The maximum Gasteiger partial charge on any atom is 0.0702 e. The second kappa shape index (κ2) is 6.88. The summed E-state index contributed by atoms with van der Waals surface area (Å²) in [6.45, 7) is 10.3. The Balaban J connectivity index is 1.81. The molecule has 2 aliphatic rings. The molecule has 0 aliphatic carbocycles. The van der Waals surface area contributed by atoms with E-state index < -0.39 is 0 Å². The molecule has 0 aromatic heterocycles. The van der Waals surface area contributed by atoms with Crippen molar-refractivity contribution in [1.82, 2.24) is 10.2 Å². The Hall–Kier alpha value is -0.120. The van der Waals surface area contributed by atoms with Gasteiger partial charge in [-0.2, -0.15) is 0 Å². The summed E-state index contributed by atoms with van der Waals surface area (Å²) in [7, 11) is 0. The Kier molecular flexibility index (Phi) is 5.46. The maximum atomic E-state index is 5.93. The van der Waals surface area contributed by atoms with Gasteiger partial charge < -0.3 is 10.1 Å². The van der Waals surface area contributed by atoms with Crippen LogP contribution in [0, 0.1) is 0 Å². The fourth-order valence-electron chi connectivity index (χ4n) is 3.42. The second-order valence-corrected chi connectivity index (χ2v) is 6.03. The molecule has 2 heterocycles. The predicted octanol–water partition coefficient (Wildman–Crippen LogP) is 2.41. The van der Waals surface area contributed by atoms with Crippen LogP contribution in [-0.2, 0) is 4.74 Å². The summed E-state index contributed by atoms with van der Waals surface area (Å²) in [6.07, 6.45) is 8.12. The molecule has 2 rings (SSSR count). The number of hydrogen-bond acceptors (Lipinski definition) is 3. The summed E-state index contributed by atoms with van der Waals surface area (Å²) in [5.41, 5.74) is 0.395. The molecule has 0 spiro atoms. The van der Waals surface area contributed by atoms with Gasteiger partial charge in [0.2, 0.25) is 0 Å². The SMILES string of the molecule is CCCOC1CCCN(CC2(CC)CCCN2)C1. The topological polar surface area (TPSA) is 24.5 Å². The van der Waals surface area contributed by atoms with E-state index in [0.29, 0.717) is 11.6 Å². The fourth-order valence-corrected chi connectivity index (χ4v) is 3.42. The van der Waals surface area contributed by atoms with Crippen molar-refractivity contribution in [3.63, 3.8) is 0 Å². The van der Waals surface area contributed by atoms with Crippen LogP contribution in [0.3, 0.4) is 0 Å². The zero-order chi connectivity index (χ0) is 12.8. The molecule has 0 aromatic rings. The third-order valence-corrected chi connectivity index (χ3v) is 4.56. The molecule has 3 heteroatoms. The van der Waals surface area contributed by atoms with E-state index in [2.05, 4.69) is 24.1 Å². The number of likely N-dealkylation sites (tertiary alicyclic amines) is 1. The molecule has 2 atom stereocenters. The van der Waals surface area contributed by atoms with Crippen molar-refractivity contribution >= 4 is 0 Å². The zero-order valence-corrected chi connectivity index (χ0v) is 12.2. The fraction of sp³-hybridized carbons (Fsp3) is 1.00. The third-order valence-electron chi connectivity index (χ3n) is 4.56. The molecule has 0 amide bonds. The van der Waals surface area contributed by atoms with Crippen LogP contribution in [0.1, 0.15) is 52.4 Å². The molecular formula is C15H30N2O. The molecule has 106 valence electrons. The van der Waals surface area contributed by atoms with E-state index in [0.717, 1.165) is 19.6 Å². The lowest BCUT2D eigenvalue weighted by Crippen LogP contribution is -2.52. The van der Waals surface area contributed by atoms with Gasteiger partial charge in [0.05, 0.1) is 6.10 Å². The summed E-state index contributed by atoms with van der Waals surface area (Å²) in [6, 6.07) is 0. The number of nitrogens with zero attached hydrogens (tertiary/aromatic N) is 1. The highest BCUT2D eigenvalue weighted by atomic mass is 16.5. The van der Waals surface area contributed by atoms with Crippen LogP contribution >= 0.6 is 0 Å². The smallest absolute Gasteiger partial charge is 0.0702 e. The Labute approximate surface area is 112 Å². The van der Waals surface area contributed by atoms with Crippen molar-refractivity contribution in [2.24, 2.45) is 0 Å². The van der Waals surface area contributed by atoms with E-state index in [1.54, 1.807) is 0 Å². The van der Waals surface area contributed by atoms with Crippen molar-refractivity contribution in [2.45, 2.75) is 64.0 Å². The number of ether oxygens (including phenoxy) is 1. The van der Waals surface area contributed by atoms with E-state index >= 15 is 0 Å². The molecule has 0 bridgehead atoms. The van der Waals surface area contributed by atoms with Crippen molar-refractivity contribution in [2.75, 3.05) is 32.8 Å². The average Bonchev–Trinajstić information content (AvgIpc) is 2.86. The van der Waals surface area contributed by atoms with Gasteiger partial charge in [0.15, 0.2) is 0 Å². The summed E-state index contributed by atoms with van der Waals surface area (Å²) in [4.78, 5) is 2.63. The first-order valence-corrected chi connectivity index (χ1v) is 7.87. The molecule has 3 nitrogen and oxygen atoms in total. The van der Waals surface area contributed by atoms with Gasteiger partial charge >= 0.3 is 0 Å². The first-order valence-electron chi connectivity index (χ1n) is 7.87. The molecule has 2 saturated heterocycles. The second-order valence-electron chi connectivity index (χ2n) is 6.03. The molecule has 2 unspecified atom stereocenters. The molecular weight excluding hydrogens is 224 g/mol. The van der Waals surface area contributed by atoms with E-state index in [1.165, 1.54) is 51.7 Å². The summed E-state index contributed by atoms with van der Waals surface area (Å²) in [5, 5.41) is 3.74. The minimum atomic E-state index is 0.395. The summed E-state index contributed by atoms with van der Waals surface area (Å²) >= 11 is 0. The van der Waals surface area contributed by atoms with Gasteiger partial charge in [-0.25, -0.2) is 0 Å². The number of piperidine rings is 1. The van der Waals surface area contributed by atoms with E-state index in [-0.39, 0.29) is 0 Å². The van der Waals surface area contributed by atoms with Crippen LogP contribution in [-0.4, -0.2) is 49.3 Å². The van der Waals surface area contributed by atoms with E-state index in [4.69, 9.17) is 4.74 Å². The van der Waals surface area contributed by atoms with E-state index in [1.807, 2.05) is 0 Å². The van der Waals surface area contributed by atoms with Gasteiger partial charge in [-0.05, 0) is 51.6 Å². The lowest BCUT2D eigenvalue weighted by molar-refractivity contribution is -0.00682. The van der Waals surface area contributed by atoms with Gasteiger partial charge in [0.25, 0.3) is 0 Å². The van der Waals surface area contributed by atoms with Crippen LogP contribution in [0.25, 0.3) is 0 Å². The highest BCUT2D eigenvalue weighted by Crippen LogP contribution is 2.26. The standard InChI is InChI=1S/C15H30N2O/c1-3-11-18-14-7-5-10-17(12-14)13-15(4-2)8-6-9-16-15/h14,16H,3-13H2,1-2H3. The number of nitrogens with one attached hydrogen (secondary N) is 1. The minimum absolute atomic E-state index is 0.395. The van der Waals surface area contributed by atoms with Crippen molar-refractivity contribution in [3.05, 3.63) is 0 Å². The molecule has 18 heavy (non-hydrogen) atoms. The van der Waals surface area contributed by atoms with Crippen LogP contribution in [0.4, 0.5) is 0 Å². The Bertz CT molecular complexity index is 239. The molecule has 2 fully saturated rings. The molecule has 0 saturated carbocycles. The molecule has 0 aromatic carbocycles. The highest BCUT2D eigenvalue weighted by molar-refractivity contribution is 4.95.